The van der Waals surface area contributed by atoms with Crippen molar-refractivity contribution in [3.63, 3.8) is 0 Å². The number of para-hydroxylation sites is 1. The van der Waals surface area contributed by atoms with Crippen LogP contribution in [0.1, 0.15) is 47.4 Å². The van der Waals surface area contributed by atoms with Crippen molar-refractivity contribution in [1.82, 2.24) is 0 Å². The van der Waals surface area contributed by atoms with E-state index in [4.69, 9.17) is 4.42 Å². The molecular weight excluding hydrogens is 254 g/mol. The maximum atomic E-state index is 12.3. The van der Waals surface area contributed by atoms with Gasteiger partial charge in [0.25, 0.3) is 5.91 Å². The number of aliphatic hydroxyl groups is 1. The number of benzene rings is 1. The second kappa shape index (κ2) is 5.92. The van der Waals surface area contributed by atoms with Gasteiger partial charge in [0.05, 0.1) is 6.10 Å². The van der Waals surface area contributed by atoms with E-state index in [-0.39, 0.29) is 5.91 Å². The first-order valence-electron chi connectivity index (χ1n) is 6.70. The van der Waals surface area contributed by atoms with Crippen molar-refractivity contribution in [3.05, 3.63) is 53.0 Å². The fourth-order valence-electron chi connectivity index (χ4n) is 2.10. The van der Waals surface area contributed by atoms with Crippen LogP contribution in [0.5, 0.6) is 0 Å². The number of furan rings is 1. The van der Waals surface area contributed by atoms with Crippen LogP contribution in [0, 0.1) is 6.92 Å². The summed E-state index contributed by atoms with van der Waals surface area (Å²) in [6.07, 6.45) is 0.105. The fraction of sp³-hybridized carbons (Fsp3) is 0.312. The number of rotatable bonds is 4. The van der Waals surface area contributed by atoms with Gasteiger partial charge in [0.1, 0.15) is 5.76 Å². The van der Waals surface area contributed by atoms with E-state index in [9.17, 15) is 9.90 Å². The molecule has 4 nitrogen and oxygen atoms in total. The molecule has 0 bridgehead atoms. The van der Waals surface area contributed by atoms with Crippen molar-refractivity contribution in [2.45, 2.75) is 33.3 Å². The first kappa shape index (κ1) is 14.3. The predicted octanol–water partition coefficient (Wildman–Crippen LogP) is 3.46. The highest BCUT2D eigenvalue weighted by Crippen LogP contribution is 2.24. The molecule has 0 spiro atoms. The lowest BCUT2D eigenvalue weighted by molar-refractivity contribution is 0.0994. The fourth-order valence-corrected chi connectivity index (χ4v) is 2.10. The lowest BCUT2D eigenvalue weighted by atomic mass is 10.1. The highest BCUT2D eigenvalue weighted by Gasteiger charge is 2.17. The van der Waals surface area contributed by atoms with Crippen molar-refractivity contribution >= 4 is 11.6 Å². The van der Waals surface area contributed by atoms with Crippen LogP contribution in [0.4, 0.5) is 5.69 Å². The maximum absolute atomic E-state index is 12.3. The summed E-state index contributed by atoms with van der Waals surface area (Å²) in [5.74, 6) is 0.814. The van der Waals surface area contributed by atoms with Crippen LogP contribution >= 0.6 is 0 Å². The summed E-state index contributed by atoms with van der Waals surface area (Å²) in [6, 6.07) is 9.06. The van der Waals surface area contributed by atoms with Crippen molar-refractivity contribution in [3.8, 4) is 0 Å². The minimum Gasteiger partial charge on any atom is -0.456 e. The van der Waals surface area contributed by atoms with Crippen LogP contribution in [-0.2, 0) is 6.42 Å². The molecule has 4 heteroatoms. The molecule has 1 unspecified atom stereocenters. The van der Waals surface area contributed by atoms with E-state index in [1.54, 1.807) is 19.1 Å². The number of hydrogen-bond acceptors (Lipinski definition) is 3. The van der Waals surface area contributed by atoms with Crippen molar-refractivity contribution < 1.29 is 14.3 Å². The van der Waals surface area contributed by atoms with Crippen LogP contribution in [0.2, 0.25) is 0 Å². The number of anilines is 1. The Morgan fingerprint density at radius 1 is 1.40 bits per heavy atom. The van der Waals surface area contributed by atoms with Crippen LogP contribution in [0.25, 0.3) is 0 Å². The molecule has 2 rings (SSSR count). The van der Waals surface area contributed by atoms with Gasteiger partial charge in [-0.25, -0.2) is 0 Å². The topological polar surface area (TPSA) is 62.5 Å². The monoisotopic (exact) mass is 273 g/mol. The Labute approximate surface area is 118 Å². The maximum Gasteiger partial charge on any atom is 0.291 e. The number of hydrogen-bond donors (Lipinski definition) is 2. The lowest BCUT2D eigenvalue weighted by Crippen LogP contribution is -2.14. The summed E-state index contributed by atoms with van der Waals surface area (Å²) in [5.41, 5.74) is 2.09. The smallest absolute Gasteiger partial charge is 0.291 e. The molecule has 106 valence electrons. The summed E-state index contributed by atoms with van der Waals surface area (Å²) in [5, 5.41) is 12.5. The van der Waals surface area contributed by atoms with E-state index >= 15 is 0 Å². The third kappa shape index (κ3) is 2.91. The molecule has 0 aliphatic rings. The van der Waals surface area contributed by atoms with E-state index in [0.717, 1.165) is 17.7 Å². The van der Waals surface area contributed by atoms with Crippen molar-refractivity contribution in [2.24, 2.45) is 0 Å². The normalized spacial score (nSPS) is 12.2. The van der Waals surface area contributed by atoms with Crippen LogP contribution in [-0.4, -0.2) is 11.0 Å². The van der Waals surface area contributed by atoms with Crippen molar-refractivity contribution in [2.75, 3.05) is 5.32 Å². The van der Waals surface area contributed by atoms with Crippen LogP contribution < -0.4 is 5.32 Å². The number of aliphatic hydroxyl groups excluding tert-OH is 1. The highest BCUT2D eigenvalue weighted by atomic mass is 16.4. The molecule has 2 aromatic rings. The predicted molar refractivity (Wildman–Crippen MR) is 77.9 cm³/mol. The minimum atomic E-state index is -0.643. The molecule has 1 heterocycles. The van der Waals surface area contributed by atoms with Gasteiger partial charge in [-0.1, -0.05) is 25.1 Å². The Balaban J connectivity index is 2.25. The van der Waals surface area contributed by atoms with E-state index < -0.39 is 6.10 Å². The zero-order valence-corrected chi connectivity index (χ0v) is 11.9. The Bertz CT molecular complexity index is 614. The summed E-state index contributed by atoms with van der Waals surface area (Å²) >= 11 is 0. The molecule has 1 aromatic heterocycles. The molecule has 1 amide bonds. The summed E-state index contributed by atoms with van der Waals surface area (Å²) in [7, 11) is 0. The van der Waals surface area contributed by atoms with Gasteiger partial charge in [0.15, 0.2) is 5.76 Å². The average Bonchev–Trinajstić information content (AvgIpc) is 2.80. The molecule has 20 heavy (non-hydrogen) atoms. The molecule has 0 radical (unpaired) electrons. The van der Waals surface area contributed by atoms with Crippen LogP contribution in [0.15, 0.2) is 34.7 Å². The lowest BCUT2D eigenvalue weighted by Gasteiger charge is -2.12. The van der Waals surface area contributed by atoms with Gasteiger partial charge in [-0.3, -0.25) is 4.79 Å². The van der Waals surface area contributed by atoms with Gasteiger partial charge in [0.2, 0.25) is 0 Å². The second-order valence-electron chi connectivity index (χ2n) is 4.80. The Kier molecular flexibility index (Phi) is 4.25. The first-order valence-corrected chi connectivity index (χ1v) is 6.70. The largest absolute Gasteiger partial charge is 0.456 e. The van der Waals surface area contributed by atoms with E-state index in [1.807, 2.05) is 32.0 Å². The summed E-state index contributed by atoms with van der Waals surface area (Å²) < 4.78 is 5.52. The van der Waals surface area contributed by atoms with Gasteiger partial charge >= 0.3 is 0 Å². The SMILES string of the molecule is CCc1cc(C)c(C(=O)Nc2ccccc2C(C)O)o1. The second-order valence-corrected chi connectivity index (χ2v) is 4.80. The molecule has 1 atom stereocenters. The number of carbonyl (C=O) groups excluding carboxylic acids is 1. The molecule has 0 aliphatic heterocycles. The van der Waals surface area contributed by atoms with E-state index in [2.05, 4.69) is 5.32 Å². The minimum absolute atomic E-state index is 0.296. The molecule has 0 saturated carbocycles. The Hall–Kier alpha value is -2.07. The molecular formula is C16H19NO3. The van der Waals surface area contributed by atoms with E-state index in [0.29, 0.717) is 17.0 Å². The summed E-state index contributed by atoms with van der Waals surface area (Å²) in [6.45, 7) is 5.49. The van der Waals surface area contributed by atoms with Gasteiger partial charge in [-0.05, 0) is 26.0 Å². The third-order valence-corrected chi connectivity index (χ3v) is 3.18. The van der Waals surface area contributed by atoms with Gasteiger partial charge in [0, 0.05) is 23.2 Å². The zero-order chi connectivity index (χ0) is 14.7. The summed E-state index contributed by atoms with van der Waals surface area (Å²) in [4.78, 5) is 12.3. The molecule has 2 N–H and O–H groups in total. The number of carbonyl (C=O) groups is 1. The van der Waals surface area contributed by atoms with Crippen molar-refractivity contribution in [1.29, 1.82) is 0 Å². The molecule has 1 aromatic carbocycles. The van der Waals surface area contributed by atoms with Gasteiger partial charge in [-0.2, -0.15) is 0 Å². The Morgan fingerprint density at radius 2 is 2.10 bits per heavy atom. The Morgan fingerprint density at radius 3 is 2.70 bits per heavy atom. The average molecular weight is 273 g/mol. The van der Waals surface area contributed by atoms with Gasteiger partial charge in [-0.15, -0.1) is 0 Å². The van der Waals surface area contributed by atoms with E-state index in [1.165, 1.54) is 0 Å². The number of aryl methyl sites for hydroxylation is 2. The quantitative estimate of drug-likeness (QED) is 0.896. The number of nitrogens with one attached hydrogen (secondary N) is 1. The number of amides is 1. The molecule has 0 aliphatic carbocycles. The molecule has 0 fully saturated rings. The third-order valence-electron chi connectivity index (χ3n) is 3.18. The first-order chi connectivity index (χ1) is 9.52. The van der Waals surface area contributed by atoms with Crippen LogP contribution in [0.3, 0.4) is 0 Å². The van der Waals surface area contributed by atoms with Gasteiger partial charge < -0.3 is 14.8 Å². The highest BCUT2D eigenvalue weighted by molar-refractivity contribution is 6.03. The zero-order valence-electron chi connectivity index (χ0n) is 11.9. The standard InChI is InChI=1S/C16H19NO3/c1-4-12-9-10(2)15(20-12)16(19)17-14-8-6-5-7-13(14)11(3)18/h5-9,11,18H,4H2,1-3H3,(H,17,19). The molecule has 0 saturated heterocycles.